The third-order valence-electron chi connectivity index (χ3n) is 2.57. The second kappa shape index (κ2) is 7.45. The third-order valence-corrected chi connectivity index (χ3v) is 2.57. The lowest BCUT2D eigenvalue weighted by molar-refractivity contribution is -0.118. The summed E-state index contributed by atoms with van der Waals surface area (Å²) in [4.78, 5) is 21.5. The molecule has 0 saturated heterocycles. The molecule has 0 aliphatic carbocycles. The van der Waals surface area contributed by atoms with Crippen LogP contribution in [0.25, 0.3) is 0 Å². The molecule has 5 heteroatoms. The van der Waals surface area contributed by atoms with Gasteiger partial charge in [0.2, 0.25) is 11.8 Å². The van der Waals surface area contributed by atoms with Gasteiger partial charge in [-0.3, -0.25) is 9.59 Å². The van der Waals surface area contributed by atoms with Crippen LogP contribution in [0.3, 0.4) is 0 Å². The van der Waals surface area contributed by atoms with Crippen LogP contribution in [0.5, 0.6) is 0 Å². The van der Waals surface area contributed by atoms with Gasteiger partial charge in [-0.25, -0.2) is 0 Å². The molecule has 0 bridgehead atoms. The van der Waals surface area contributed by atoms with Gasteiger partial charge in [-0.05, 0) is 37.1 Å². The average Bonchev–Trinajstić information content (AvgIpc) is 2.33. The fraction of sp³-hybridized carbons (Fsp3) is 0.385. The molecule has 98 valence electrons. The summed E-state index contributed by atoms with van der Waals surface area (Å²) in [7, 11) is 0. The first-order valence-corrected chi connectivity index (χ1v) is 5.97. The second-order valence-corrected chi connectivity index (χ2v) is 4.16. The van der Waals surface area contributed by atoms with Crippen LogP contribution < -0.4 is 16.8 Å². The summed E-state index contributed by atoms with van der Waals surface area (Å²) in [5.74, 6) is -0.678. The SMILES string of the molecule is NC(=O)CCCCNCc1cccc(C(N)=O)c1. The number of carbonyl (C=O) groups is 2. The van der Waals surface area contributed by atoms with Gasteiger partial charge in [0.1, 0.15) is 0 Å². The van der Waals surface area contributed by atoms with Gasteiger partial charge >= 0.3 is 0 Å². The first-order chi connectivity index (χ1) is 8.59. The molecule has 1 aromatic rings. The lowest BCUT2D eigenvalue weighted by Crippen LogP contribution is -2.17. The Morgan fingerprint density at radius 2 is 1.94 bits per heavy atom. The summed E-state index contributed by atoms with van der Waals surface area (Å²) in [6.07, 6.45) is 2.13. The summed E-state index contributed by atoms with van der Waals surface area (Å²) in [6, 6.07) is 7.21. The highest BCUT2D eigenvalue weighted by molar-refractivity contribution is 5.92. The normalized spacial score (nSPS) is 10.2. The van der Waals surface area contributed by atoms with Crippen LogP contribution in [0, 0.1) is 0 Å². The van der Waals surface area contributed by atoms with E-state index in [1.807, 2.05) is 12.1 Å². The monoisotopic (exact) mass is 249 g/mol. The van der Waals surface area contributed by atoms with E-state index in [0.29, 0.717) is 18.5 Å². The van der Waals surface area contributed by atoms with E-state index in [9.17, 15) is 9.59 Å². The summed E-state index contributed by atoms with van der Waals surface area (Å²) >= 11 is 0. The van der Waals surface area contributed by atoms with Crippen molar-refractivity contribution in [3.63, 3.8) is 0 Å². The van der Waals surface area contributed by atoms with E-state index in [0.717, 1.165) is 24.9 Å². The predicted octanol–water partition coefficient (Wildman–Crippen LogP) is 0.531. The number of unbranched alkanes of at least 4 members (excludes halogenated alkanes) is 1. The largest absolute Gasteiger partial charge is 0.370 e. The third kappa shape index (κ3) is 5.45. The highest BCUT2D eigenvalue weighted by Gasteiger charge is 2.01. The van der Waals surface area contributed by atoms with Gasteiger partial charge in [-0.2, -0.15) is 0 Å². The smallest absolute Gasteiger partial charge is 0.248 e. The topological polar surface area (TPSA) is 98.2 Å². The van der Waals surface area contributed by atoms with Crippen LogP contribution in [-0.2, 0) is 11.3 Å². The zero-order valence-electron chi connectivity index (χ0n) is 10.3. The summed E-state index contributed by atoms with van der Waals surface area (Å²) < 4.78 is 0. The van der Waals surface area contributed by atoms with Crippen LogP contribution in [0.4, 0.5) is 0 Å². The van der Waals surface area contributed by atoms with Gasteiger partial charge < -0.3 is 16.8 Å². The molecule has 1 rings (SSSR count). The van der Waals surface area contributed by atoms with Crippen molar-refractivity contribution in [2.24, 2.45) is 11.5 Å². The molecule has 0 aliphatic heterocycles. The Morgan fingerprint density at radius 1 is 1.17 bits per heavy atom. The standard InChI is InChI=1S/C13H19N3O2/c14-12(17)6-1-2-7-16-9-10-4-3-5-11(8-10)13(15)18/h3-5,8,16H,1-2,6-7,9H2,(H2,14,17)(H2,15,18). The number of carbonyl (C=O) groups excluding carboxylic acids is 2. The molecular formula is C13H19N3O2. The molecule has 1 aromatic carbocycles. The van der Waals surface area contributed by atoms with Crippen molar-refractivity contribution < 1.29 is 9.59 Å². The molecule has 0 unspecified atom stereocenters. The predicted molar refractivity (Wildman–Crippen MR) is 69.7 cm³/mol. The summed E-state index contributed by atoms with van der Waals surface area (Å²) in [5, 5.41) is 3.24. The first kappa shape index (κ1) is 14.2. The van der Waals surface area contributed by atoms with E-state index >= 15 is 0 Å². The maximum absolute atomic E-state index is 11.0. The molecule has 0 aromatic heterocycles. The van der Waals surface area contributed by atoms with Gasteiger partial charge in [0.05, 0.1) is 0 Å². The molecule has 18 heavy (non-hydrogen) atoms. The van der Waals surface area contributed by atoms with Crippen molar-refractivity contribution in [1.29, 1.82) is 0 Å². The van der Waals surface area contributed by atoms with Gasteiger partial charge in [0.25, 0.3) is 0 Å². The van der Waals surface area contributed by atoms with Crippen molar-refractivity contribution in [3.8, 4) is 0 Å². The van der Waals surface area contributed by atoms with Crippen LogP contribution >= 0.6 is 0 Å². The quantitative estimate of drug-likeness (QED) is 0.586. The van der Waals surface area contributed by atoms with Gasteiger partial charge in [0, 0.05) is 18.5 Å². The molecule has 0 saturated carbocycles. The van der Waals surface area contributed by atoms with E-state index in [2.05, 4.69) is 5.32 Å². The minimum Gasteiger partial charge on any atom is -0.370 e. The maximum atomic E-state index is 11.0. The molecule has 0 atom stereocenters. The van der Waals surface area contributed by atoms with Crippen LogP contribution in [0.1, 0.15) is 35.2 Å². The van der Waals surface area contributed by atoms with E-state index in [4.69, 9.17) is 11.5 Å². The number of rotatable bonds is 8. The molecule has 2 amide bonds. The van der Waals surface area contributed by atoms with Crippen molar-refractivity contribution in [2.45, 2.75) is 25.8 Å². The highest BCUT2D eigenvalue weighted by atomic mass is 16.1. The van der Waals surface area contributed by atoms with Crippen LogP contribution in [0.15, 0.2) is 24.3 Å². The molecule has 5 nitrogen and oxygen atoms in total. The van der Waals surface area contributed by atoms with Crippen molar-refractivity contribution in [1.82, 2.24) is 5.32 Å². The molecule has 5 N–H and O–H groups in total. The Balaban J connectivity index is 2.25. The maximum Gasteiger partial charge on any atom is 0.248 e. The van der Waals surface area contributed by atoms with Crippen molar-refractivity contribution in [3.05, 3.63) is 35.4 Å². The van der Waals surface area contributed by atoms with E-state index in [-0.39, 0.29) is 5.91 Å². The second-order valence-electron chi connectivity index (χ2n) is 4.16. The van der Waals surface area contributed by atoms with Crippen LogP contribution in [-0.4, -0.2) is 18.4 Å². The number of hydrogen-bond donors (Lipinski definition) is 3. The molecule has 0 radical (unpaired) electrons. The lowest BCUT2D eigenvalue weighted by atomic mass is 10.1. The Bertz CT molecular complexity index is 418. The van der Waals surface area contributed by atoms with Gasteiger partial charge in [0.15, 0.2) is 0 Å². The van der Waals surface area contributed by atoms with Crippen molar-refractivity contribution in [2.75, 3.05) is 6.54 Å². The number of hydrogen-bond acceptors (Lipinski definition) is 3. The van der Waals surface area contributed by atoms with Crippen molar-refractivity contribution >= 4 is 11.8 Å². The van der Waals surface area contributed by atoms with E-state index in [1.54, 1.807) is 12.1 Å². The Hall–Kier alpha value is -1.88. The Labute approximate surface area is 107 Å². The zero-order valence-corrected chi connectivity index (χ0v) is 10.3. The summed E-state index contributed by atoms with van der Waals surface area (Å²) in [5.41, 5.74) is 11.8. The van der Waals surface area contributed by atoms with Crippen LogP contribution in [0.2, 0.25) is 0 Å². The Kier molecular flexibility index (Phi) is 5.87. The van der Waals surface area contributed by atoms with E-state index < -0.39 is 5.91 Å². The molecular weight excluding hydrogens is 230 g/mol. The average molecular weight is 249 g/mol. The highest BCUT2D eigenvalue weighted by Crippen LogP contribution is 2.04. The molecule has 0 heterocycles. The molecule has 0 spiro atoms. The number of benzene rings is 1. The number of nitrogens with one attached hydrogen (secondary N) is 1. The van der Waals surface area contributed by atoms with Gasteiger partial charge in [-0.15, -0.1) is 0 Å². The number of primary amides is 2. The Morgan fingerprint density at radius 3 is 2.61 bits per heavy atom. The lowest BCUT2D eigenvalue weighted by Gasteiger charge is -2.05. The molecule has 0 fully saturated rings. The summed E-state index contributed by atoms with van der Waals surface area (Å²) in [6.45, 7) is 1.49. The first-order valence-electron chi connectivity index (χ1n) is 5.97. The van der Waals surface area contributed by atoms with Gasteiger partial charge in [-0.1, -0.05) is 12.1 Å². The molecule has 0 aliphatic rings. The van der Waals surface area contributed by atoms with E-state index in [1.165, 1.54) is 0 Å². The minimum atomic E-state index is -0.418. The number of amides is 2. The minimum absolute atomic E-state index is 0.260. The fourth-order valence-corrected chi connectivity index (χ4v) is 1.62. The number of nitrogens with two attached hydrogens (primary N) is 2. The fourth-order valence-electron chi connectivity index (χ4n) is 1.62. The zero-order chi connectivity index (χ0) is 13.4.